The number of nitriles is 1. The highest BCUT2D eigenvalue weighted by atomic mass is 16.6. The number of hydrogen-bond donors (Lipinski definition) is 1. The maximum atomic E-state index is 14.6. The summed E-state index contributed by atoms with van der Waals surface area (Å²) >= 11 is 0. The van der Waals surface area contributed by atoms with Crippen LogP contribution in [0.1, 0.15) is 114 Å². The Labute approximate surface area is 253 Å². The lowest BCUT2D eigenvalue weighted by Crippen LogP contribution is -2.65. The summed E-state index contributed by atoms with van der Waals surface area (Å²) in [5, 5.41) is 13.1. The second-order valence-electron chi connectivity index (χ2n) is 17.5. The number of hydrogen-bond acceptors (Lipinski definition) is 5. The minimum atomic E-state index is -0.667. The molecule has 5 aliphatic rings. The van der Waals surface area contributed by atoms with Crippen molar-refractivity contribution in [2.24, 2.45) is 50.2 Å². The zero-order valence-electron chi connectivity index (χ0n) is 27.6. The molecule has 3 saturated carbocycles. The third kappa shape index (κ3) is 4.34. The van der Waals surface area contributed by atoms with Crippen molar-refractivity contribution in [3.63, 3.8) is 0 Å². The van der Waals surface area contributed by atoms with Crippen LogP contribution in [0.5, 0.6) is 0 Å². The first-order chi connectivity index (χ1) is 19.2. The van der Waals surface area contributed by atoms with Crippen molar-refractivity contribution >= 4 is 17.7 Å². The molecule has 0 heterocycles. The van der Waals surface area contributed by atoms with E-state index in [4.69, 9.17) is 4.74 Å². The van der Waals surface area contributed by atoms with E-state index in [1.165, 1.54) is 0 Å². The Hall–Kier alpha value is -2.42. The van der Waals surface area contributed by atoms with Crippen LogP contribution in [0, 0.1) is 61.6 Å². The van der Waals surface area contributed by atoms with E-state index in [1.807, 2.05) is 46.8 Å². The third-order valence-electron chi connectivity index (χ3n) is 13.0. The van der Waals surface area contributed by atoms with Gasteiger partial charge in [0.05, 0.1) is 5.57 Å². The molecule has 0 bridgehead atoms. The first-order valence-corrected chi connectivity index (χ1v) is 16.1. The Balaban J connectivity index is 1.59. The summed E-state index contributed by atoms with van der Waals surface area (Å²) in [5.41, 5.74) is -0.946. The smallest absolute Gasteiger partial charge is 0.407 e. The maximum Gasteiger partial charge on any atom is 0.407 e. The van der Waals surface area contributed by atoms with Gasteiger partial charge in [-0.25, -0.2) is 4.79 Å². The van der Waals surface area contributed by atoms with E-state index < -0.39 is 22.5 Å². The molecule has 42 heavy (non-hydrogen) atoms. The van der Waals surface area contributed by atoms with Gasteiger partial charge < -0.3 is 10.1 Å². The number of carbonyl (C=O) groups excluding carboxylic acids is 3. The molecule has 0 spiro atoms. The summed E-state index contributed by atoms with van der Waals surface area (Å²) in [6, 6.07) is 2.20. The molecule has 5 rings (SSSR count). The van der Waals surface area contributed by atoms with Gasteiger partial charge in [-0.3, -0.25) is 9.59 Å². The first-order valence-electron chi connectivity index (χ1n) is 16.1. The predicted octanol–water partition coefficient (Wildman–Crippen LogP) is 7.73. The lowest BCUT2D eigenvalue weighted by Gasteiger charge is -2.69. The van der Waals surface area contributed by atoms with Crippen molar-refractivity contribution < 1.29 is 19.1 Å². The molecule has 0 aromatic rings. The summed E-state index contributed by atoms with van der Waals surface area (Å²) in [4.78, 5) is 40.7. The van der Waals surface area contributed by atoms with Crippen molar-refractivity contribution in [3.8, 4) is 6.07 Å². The van der Waals surface area contributed by atoms with Gasteiger partial charge in [0.2, 0.25) is 0 Å². The van der Waals surface area contributed by atoms with E-state index in [1.54, 1.807) is 0 Å². The quantitative estimate of drug-likeness (QED) is 0.363. The summed E-state index contributed by atoms with van der Waals surface area (Å²) in [5.74, 6) is 0.163. The minimum absolute atomic E-state index is 0.0381. The molecule has 230 valence electrons. The molecule has 6 heteroatoms. The van der Waals surface area contributed by atoms with Gasteiger partial charge in [-0.2, -0.15) is 5.26 Å². The van der Waals surface area contributed by atoms with Gasteiger partial charge >= 0.3 is 6.09 Å². The van der Waals surface area contributed by atoms with Crippen molar-refractivity contribution in [1.82, 2.24) is 5.32 Å². The Kier molecular flexibility index (Phi) is 6.86. The summed E-state index contributed by atoms with van der Waals surface area (Å²) < 4.78 is 5.61. The standard InChI is InChI=1S/C36H52N2O4/c1-30(2,3)42-29(41)38-21-36-15-13-31(4,5)19-23(36)27-24(39)17-26-33(8)18-22(20-37)28(40)32(6,7)25(33)11-12-34(26,9)35(27,10)14-16-36/h17-18,23,25,27H,11-16,19,21H2,1-10H3,(H,38,41)/t23-,25-,27-,33-,34+,35+,36+/m0/s1. The number of fused-ring (bicyclic) bond motifs is 7. The highest BCUT2D eigenvalue weighted by Gasteiger charge is 2.69. The van der Waals surface area contributed by atoms with Gasteiger partial charge in [0.15, 0.2) is 11.6 Å². The van der Waals surface area contributed by atoms with Crippen LogP contribution in [-0.4, -0.2) is 29.8 Å². The van der Waals surface area contributed by atoms with E-state index >= 15 is 0 Å². The van der Waals surface area contributed by atoms with Crippen LogP contribution in [0.2, 0.25) is 0 Å². The maximum absolute atomic E-state index is 14.6. The van der Waals surface area contributed by atoms with E-state index in [9.17, 15) is 19.6 Å². The number of alkyl carbamates (subject to hydrolysis) is 1. The fourth-order valence-electron chi connectivity index (χ4n) is 10.6. The molecular weight excluding hydrogens is 524 g/mol. The molecule has 1 amide bonds. The Morgan fingerprint density at radius 1 is 1.02 bits per heavy atom. The van der Waals surface area contributed by atoms with Crippen molar-refractivity contribution in [1.29, 1.82) is 5.26 Å². The largest absolute Gasteiger partial charge is 0.444 e. The number of amides is 1. The van der Waals surface area contributed by atoms with Crippen LogP contribution in [0.25, 0.3) is 0 Å². The number of nitrogens with one attached hydrogen (secondary N) is 1. The molecule has 0 unspecified atom stereocenters. The van der Waals surface area contributed by atoms with Crippen LogP contribution in [0.4, 0.5) is 4.79 Å². The summed E-state index contributed by atoms with van der Waals surface area (Å²) in [7, 11) is 0. The molecule has 5 aliphatic carbocycles. The molecular formula is C36H52N2O4. The lowest BCUT2D eigenvalue weighted by atomic mass is 9.34. The highest BCUT2D eigenvalue weighted by molar-refractivity contribution is 6.04. The number of rotatable bonds is 2. The van der Waals surface area contributed by atoms with E-state index in [-0.39, 0.29) is 56.6 Å². The highest BCUT2D eigenvalue weighted by Crippen LogP contribution is 2.74. The summed E-state index contributed by atoms with van der Waals surface area (Å²) in [6.45, 7) is 21.7. The molecule has 6 nitrogen and oxygen atoms in total. The third-order valence-corrected chi connectivity index (χ3v) is 13.0. The predicted molar refractivity (Wildman–Crippen MR) is 163 cm³/mol. The Bertz CT molecular complexity index is 1320. The fourth-order valence-corrected chi connectivity index (χ4v) is 10.6. The second-order valence-corrected chi connectivity index (χ2v) is 17.5. The Morgan fingerprint density at radius 2 is 1.67 bits per heavy atom. The van der Waals surface area contributed by atoms with E-state index in [2.05, 4.69) is 46.0 Å². The van der Waals surface area contributed by atoms with Gasteiger partial charge in [-0.15, -0.1) is 0 Å². The normalized spacial score (nSPS) is 42.0. The topological polar surface area (TPSA) is 96.3 Å². The van der Waals surface area contributed by atoms with Crippen molar-refractivity contribution in [2.75, 3.05) is 6.54 Å². The molecule has 0 radical (unpaired) electrons. The van der Waals surface area contributed by atoms with Gasteiger partial charge in [0.1, 0.15) is 11.7 Å². The second kappa shape index (κ2) is 9.29. The number of ketones is 2. The SMILES string of the molecule is CC1(C)CC[C@]2(CNC(=O)OC(C)(C)C)CC[C@]3(C)[C@H](C(=O)C=C4[C@@]5(C)C=C(C#N)C(=O)C(C)(C)[C@@H]5CC[C@]43C)[C@@H]2C1. The van der Waals surface area contributed by atoms with Crippen LogP contribution in [-0.2, 0) is 14.3 Å². The van der Waals surface area contributed by atoms with Gasteiger partial charge in [-0.05, 0) is 105 Å². The number of carbonyl (C=O) groups is 3. The Morgan fingerprint density at radius 3 is 2.29 bits per heavy atom. The van der Waals surface area contributed by atoms with Gasteiger partial charge in [-0.1, -0.05) is 60.1 Å². The first kappa shape index (κ1) is 31.0. The zero-order chi connectivity index (χ0) is 31.3. The number of allylic oxidation sites excluding steroid dienone is 4. The molecule has 0 saturated heterocycles. The molecule has 7 atom stereocenters. The van der Waals surface area contributed by atoms with Crippen molar-refractivity contribution in [2.45, 2.75) is 120 Å². The molecule has 0 aromatic carbocycles. The fraction of sp³-hybridized carbons (Fsp3) is 0.778. The van der Waals surface area contributed by atoms with Crippen molar-refractivity contribution in [3.05, 3.63) is 23.3 Å². The van der Waals surface area contributed by atoms with Crippen LogP contribution in [0.15, 0.2) is 23.3 Å². The van der Waals surface area contributed by atoms with Crippen LogP contribution in [0.3, 0.4) is 0 Å². The lowest BCUT2D eigenvalue weighted by molar-refractivity contribution is -0.170. The molecule has 3 fully saturated rings. The molecule has 0 aliphatic heterocycles. The van der Waals surface area contributed by atoms with Gasteiger partial charge in [0, 0.05) is 23.3 Å². The number of Topliss-reactive ketones (excluding diaryl/α,β-unsaturated/α-hetero) is 1. The number of nitrogens with zero attached hydrogens (tertiary/aromatic N) is 1. The van der Waals surface area contributed by atoms with Crippen LogP contribution >= 0.6 is 0 Å². The molecule has 0 aromatic heterocycles. The monoisotopic (exact) mass is 576 g/mol. The average molecular weight is 577 g/mol. The summed E-state index contributed by atoms with van der Waals surface area (Å²) in [6.07, 6.45) is 10.1. The average Bonchev–Trinajstić information content (AvgIpc) is 2.85. The molecule has 1 N–H and O–H groups in total. The number of ether oxygens (including phenoxy) is 1. The van der Waals surface area contributed by atoms with E-state index in [0.717, 1.165) is 50.5 Å². The minimum Gasteiger partial charge on any atom is -0.444 e. The van der Waals surface area contributed by atoms with Crippen LogP contribution < -0.4 is 5.32 Å². The van der Waals surface area contributed by atoms with Gasteiger partial charge in [0.25, 0.3) is 0 Å². The van der Waals surface area contributed by atoms with E-state index in [0.29, 0.717) is 6.54 Å². The zero-order valence-corrected chi connectivity index (χ0v) is 27.6.